The minimum absolute atomic E-state index is 0.300. The summed E-state index contributed by atoms with van der Waals surface area (Å²) in [6.07, 6.45) is 4.52. The average Bonchev–Trinajstić information content (AvgIpc) is 3.13. The largest absolute Gasteiger partial charge is 0.396 e. The third-order valence-electron chi connectivity index (χ3n) is 5.00. The Labute approximate surface area is 138 Å². The molecule has 4 nitrogen and oxygen atoms in total. The predicted octanol–water partition coefficient (Wildman–Crippen LogP) is 3.23. The molecule has 1 unspecified atom stereocenters. The molecule has 2 aromatic rings. The van der Waals surface area contributed by atoms with Gasteiger partial charge in [-0.25, -0.2) is 4.68 Å². The van der Waals surface area contributed by atoms with Gasteiger partial charge < -0.3 is 5.11 Å². The van der Waals surface area contributed by atoms with Crippen molar-refractivity contribution in [2.45, 2.75) is 52.1 Å². The third kappa shape index (κ3) is 3.48. The third-order valence-corrected chi connectivity index (χ3v) is 5.00. The summed E-state index contributed by atoms with van der Waals surface area (Å²) < 4.78 is 2.06. The number of hydrogen-bond donors (Lipinski definition) is 1. The second-order valence-electron chi connectivity index (χ2n) is 6.53. The van der Waals surface area contributed by atoms with Gasteiger partial charge in [-0.05, 0) is 58.2 Å². The molecule has 1 atom stereocenters. The summed E-state index contributed by atoms with van der Waals surface area (Å²) in [6, 6.07) is 11.0. The Balaban J connectivity index is 1.79. The number of aryl methyl sites for hydroxylation is 1. The fourth-order valence-corrected chi connectivity index (χ4v) is 3.68. The minimum Gasteiger partial charge on any atom is -0.396 e. The summed E-state index contributed by atoms with van der Waals surface area (Å²) in [5.41, 5.74) is 4.84. The fourth-order valence-electron chi connectivity index (χ4n) is 3.68. The first kappa shape index (κ1) is 16.2. The van der Waals surface area contributed by atoms with E-state index >= 15 is 0 Å². The van der Waals surface area contributed by atoms with Crippen LogP contribution < -0.4 is 0 Å². The lowest BCUT2D eigenvalue weighted by Crippen LogP contribution is -2.29. The molecule has 0 amide bonds. The van der Waals surface area contributed by atoms with Crippen LogP contribution in [0.25, 0.3) is 5.69 Å². The number of nitrogens with zero attached hydrogens (tertiary/aromatic N) is 3. The molecule has 2 heterocycles. The first-order valence-electron chi connectivity index (χ1n) is 8.66. The molecule has 1 aliphatic heterocycles. The van der Waals surface area contributed by atoms with Crippen LogP contribution >= 0.6 is 0 Å². The first-order valence-corrected chi connectivity index (χ1v) is 8.66. The molecule has 23 heavy (non-hydrogen) atoms. The van der Waals surface area contributed by atoms with Gasteiger partial charge in [0.25, 0.3) is 0 Å². The lowest BCUT2D eigenvalue weighted by Gasteiger charge is -2.24. The number of benzene rings is 1. The van der Waals surface area contributed by atoms with Gasteiger partial charge in [-0.1, -0.05) is 18.2 Å². The zero-order valence-electron chi connectivity index (χ0n) is 14.2. The molecule has 1 fully saturated rings. The van der Waals surface area contributed by atoms with Crippen molar-refractivity contribution in [3.63, 3.8) is 0 Å². The van der Waals surface area contributed by atoms with Crippen LogP contribution in [0.3, 0.4) is 0 Å². The van der Waals surface area contributed by atoms with E-state index in [-0.39, 0.29) is 0 Å². The second-order valence-corrected chi connectivity index (χ2v) is 6.53. The van der Waals surface area contributed by atoms with Crippen molar-refractivity contribution < 1.29 is 5.11 Å². The van der Waals surface area contributed by atoms with E-state index in [1.807, 2.05) is 6.07 Å². The lowest BCUT2D eigenvalue weighted by molar-refractivity contribution is 0.209. The number of aliphatic hydroxyl groups is 1. The number of aromatic nitrogens is 2. The Morgan fingerprint density at radius 1 is 1.22 bits per heavy atom. The molecule has 1 aromatic heterocycles. The van der Waals surface area contributed by atoms with Crippen molar-refractivity contribution in [2.75, 3.05) is 13.2 Å². The summed E-state index contributed by atoms with van der Waals surface area (Å²) >= 11 is 0. The number of hydrogen-bond acceptors (Lipinski definition) is 3. The number of likely N-dealkylation sites (tertiary alicyclic amines) is 1. The molecule has 1 N–H and O–H groups in total. The number of para-hydroxylation sites is 1. The molecule has 0 radical (unpaired) electrons. The molecule has 0 aliphatic carbocycles. The molecule has 1 saturated heterocycles. The SMILES string of the molecule is Cc1nn(-c2ccccc2)c(C)c1CN1CCCC1CCCO. The van der Waals surface area contributed by atoms with E-state index in [0.29, 0.717) is 12.6 Å². The topological polar surface area (TPSA) is 41.3 Å². The molecule has 0 saturated carbocycles. The second kappa shape index (κ2) is 7.28. The van der Waals surface area contributed by atoms with E-state index in [0.717, 1.165) is 37.3 Å². The molecule has 1 aromatic carbocycles. The van der Waals surface area contributed by atoms with Gasteiger partial charge in [0.1, 0.15) is 0 Å². The highest BCUT2D eigenvalue weighted by molar-refractivity contribution is 5.36. The van der Waals surface area contributed by atoms with Gasteiger partial charge in [0.2, 0.25) is 0 Å². The highest BCUT2D eigenvalue weighted by atomic mass is 16.2. The maximum Gasteiger partial charge on any atom is 0.0648 e. The molecule has 3 rings (SSSR count). The van der Waals surface area contributed by atoms with Crippen LogP contribution in [0.5, 0.6) is 0 Å². The van der Waals surface area contributed by atoms with Crippen LogP contribution in [0.15, 0.2) is 30.3 Å². The van der Waals surface area contributed by atoms with Gasteiger partial charge in [-0.15, -0.1) is 0 Å². The maximum absolute atomic E-state index is 9.09. The molecule has 0 spiro atoms. The fraction of sp³-hybridized carbons (Fsp3) is 0.526. The summed E-state index contributed by atoms with van der Waals surface area (Å²) in [4.78, 5) is 2.57. The number of rotatable bonds is 6. The van der Waals surface area contributed by atoms with Crippen LogP contribution in [0.1, 0.15) is 42.6 Å². The molecule has 1 aliphatic rings. The summed E-state index contributed by atoms with van der Waals surface area (Å²) in [7, 11) is 0. The molecule has 4 heteroatoms. The minimum atomic E-state index is 0.300. The monoisotopic (exact) mass is 313 g/mol. The van der Waals surface area contributed by atoms with Crippen molar-refractivity contribution in [3.8, 4) is 5.69 Å². The quantitative estimate of drug-likeness (QED) is 0.890. The van der Waals surface area contributed by atoms with Crippen LogP contribution in [0.4, 0.5) is 0 Å². The standard InChI is InChI=1S/C19H27N3O/c1-15-19(14-21-12-6-10-17(21)11-7-13-23)16(2)22(20-15)18-8-4-3-5-9-18/h3-5,8-9,17,23H,6-7,10-14H2,1-2H3. The Bertz CT molecular complexity index is 636. The van der Waals surface area contributed by atoms with Crippen LogP contribution in [0, 0.1) is 13.8 Å². The van der Waals surface area contributed by atoms with E-state index in [4.69, 9.17) is 10.2 Å². The van der Waals surface area contributed by atoms with Crippen LogP contribution in [-0.2, 0) is 6.54 Å². The van der Waals surface area contributed by atoms with Gasteiger partial charge in [0.05, 0.1) is 11.4 Å². The Kier molecular flexibility index (Phi) is 5.13. The van der Waals surface area contributed by atoms with Gasteiger partial charge in [-0.2, -0.15) is 5.10 Å². The highest BCUT2D eigenvalue weighted by Crippen LogP contribution is 2.26. The zero-order valence-corrected chi connectivity index (χ0v) is 14.2. The van der Waals surface area contributed by atoms with E-state index in [9.17, 15) is 0 Å². The molecular formula is C19H27N3O. The highest BCUT2D eigenvalue weighted by Gasteiger charge is 2.26. The average molecular weight is 313 g/mol. The van der Waals surface area contributed by atoms with Gasteiger partial charge in [-0.3, -0.25) is 4.90 Å². The smallest absolute Gasteiger partial charge is 0.0648 e. The maximum atomic E-state index is 9.09. The Hall–Kier alpha value is -1.65. The van der Waals surface area contributed by atoms with E-state index in [1.165, 1.54) is 24.1 Å². The predicted molar refractivity (Wildman–Crippen MR) is 92.8 cm³/mol. The molecule has 0 bridgehead atoms. The molecular weight excluding hydrogens is 286 g/mol. The normalized spacial score (nSPS) is 18.7. The van der Waals surface area contributed by atoms with Crippen molar-refractivity contribution in [2.24, 2.45) is 0 Å². The van der Waals surface area contributed by atoms with E-state index in [1.54, 1.807) is 0 Å². The van der Waals surface area contributed by atoms with Gasteiger partial charge in [0.15, 0.2) is 0 Å². The first-order chi connectivity index (χ1) is 11.2. The van der Waals surface area contributed by atoms with Crippen molar-refractivity contribution in [3.05, 3.63) is 47.3 Å². The summed E-state index contributed by atoms with van der Waals surface area (Å²) in [5.74, 6) is 0. The Morgan fingerprint density at radius 2 is 2.00 bits per heavy atom. The summed E-state index contributed by atoms with van der Waals surface area (Å²) in [6.45, 7) is 6.71. The van der Waals surface area contributed by atoms with Gasteiger partial charge in [0, 0.05) is 30.5 Å². The van der Waals surface area contributed by atoms with Crippen molar-refractivity contribution >= 4 is 0 Å². The lowest BCUT2D eigenvalue weighted by atomic mass is 10.1. The van der Waals surface area contributed by atoms with Gasteiger partial charge >= 0.3 is 0 Å². The molecule has 124 valence electrons. The van der Waals surface area contributed by atoms with E-state index in [2.05, 4.69) is 47.7 Å². The zero-order chi connectivity index (χ0) is 16.2. The number of aliphatic hydroxyl groups excluding tert-OH is 1. The van der Waals surface area contributed by atoms with Crippen molar-refractivity contribution in [1.82, 2.24) is 14.7 Å². The van der Waals surface area contributed by atoms with Crippen LogP contribution in [-0.4, -0.2) is 39.0 Å². The summed E-state index contributed by atoms with van der Waals surface area (Å²) in [5, 5.41) is 13.8. The van der Waals surface area contributed by atoms with Crippen LogP contribution in [0.2, 0.25) is 0 Å². The van der Waals surface area contributed by atoms with E-state index < -0.39 is 0 Å². The van der Waals surface area contributed by atoms with Crippen molar-refractivity contribution in [1.29, 1.82) is 0 Å². The Morgan fingerprint density at radius 3 is 2.74 bits per heavy atom.